The van der Waals surface area contributed by atoms with Gasteiger partial charge in [0, 0.05) is 19.2 Å². The zero-order valence-corrected chi connectivity index (χ0v) is 16.5. The molecule has 2 rings (SSSR count). The molecule has 146 valence electrons. The van der Waals surface area contributed by atoms with E-state index in [1.54, 1.807) is 45.2 Å². The maximum absolute atomic E-state index is 12.9. The van der Waals surface area contributed by atoms with Crippen molar-refractivity contribution in [3.8, 4) is 5.75 Å². The molecule has 0 aromatic heterocycles. The summed E-state index contributed by atoms with van der Waals surface area (Å²) >= 11 is 0. The quantitative estimate of drug-likeness (QED) is 0.652. The van der Waals surface area contributed by atoms with Crippen LogP contribution >= 0.6 is 7.60 Å². The number of nitrogens with one attached hydrogen (secondary N) is 1. The third-order valence-corrected chi connectivity index (χ3v) is 6.35. The molecule has 1 heterocycles. The van der Waals surface area contributed by atoms with Gasteiger partial charge < -0.3 is 19.1 Å². The van der Waals surface area contributed by atoms with Crippen LogP contribution in [0.5, 0.6) is 5.75 Å². The lowest BCUT2D eigenvalue weighted by Gasteiger charge is -2.25. The molecule has 26 heavy (non-hydrogen) atoms. The van der Waals surface area contributed by atoms with Crippen LogP contribution in [0.4, 0.5) is 5.69 Å². The highest BCUT2D eigenvalue weighted by molar-refractivity contribution is 7.54. The summed E-state index contributed by atoms with van der Waals surface area (Å²) in [5.41, 5.74) is 0.631. The highest BCUT2D eigenvalue weighted by Gasteiger charge is 2.48. The SMILES string of the molecule is CCOc1ccc(NC(=O)[C@H]2C[C@H](P(=O)(OCC)OCC)N(C)O2)cc1. The van der Waals surface area contributed by atoms with Gasteiger partial charge >= 0.3 is 7.60 Å². The van der Waals surface area contributed by atoms with E-state index in [1.807, 2.05) is 6.92 Å². The fourth-order valence-electron chi connectivity index (χ4n) is 2.73. The number of amides is 1. The third kappa shape index (κ3) is 5.05. The molecule has 0 saturated carbocycles. The van der Waals surface area contributed by atoms with E-state index in [2.05, 4.69) is 5.32 Å². The first-order valence-corrected chi connectivity index (χ1v) is 10.4. The molecule has 1 aromatic carbocycles. The topological polar surface area (TPSA) is 86.3 Å². The summed E-state index contributed by atoms with van der Waals surface area (Å²) in [5, 5.41) is 4.19. The van der Waals surface area contributed by atoms with Gasteiger partial charge in [-0.2, -0.15) is 5.06 Å². The second kappa shape index (κ2) is 9.48. The molecule has 1 fully saturated rings. The Labute approximate surface area is 154 Å². The van der Waals surface area contributed by atoms with Gasteiger partial charge in [0.15, 0.2) is 6.10 Å². The van der Waals surface area contributed by atoms with Crippen LogP contribution in [0.25, 0.3) is 0 Å². The standard InChI is InChI=1S/C17H27N2O6P/c1-5-22-14-10-8-13(9-11-14)18-17(20)15-12-16(19(4)25-15)26(21,23-6-2)24-7-3/h8-11,15-16H,5-7,12H2,1-4H3,(H,18,20)/t15-,16+/m1/s1. The molecular formula is C17H27N2O6P. The first kappa shape index (κ1) is 20.9. The van der Waals surface area contributed by atoms with Gasteiger partial charge in [0.05, 0.1) is 19.8 Å². The molecule has 1 saturated heterocycles. The van der Waals surface area contributed by atoms with Gasteiger partial charge in [0.25, 0.3) is 5.91 Å². The molecule has 0 unspecified atom stereocenters. The van der Waals surface area contributed by atoms with Gasteiger partial charge in [-0.3, -0.25) is 14.2 Å². The van der Waals surface area contributed by atoms with Crippen LogP contribution in [0.15, 0.2) is 24.3 Å². The minimum atomic E-state index is -3.39. The van der Waals surface area contributed by atoms with Crippen molar-refractivity contribution in [2.75, 3.05) is 32.2 Å². The van der Waals surface area contributed by atoms with Crippen molar-refractivity contribution < 1.29 is 28.0 Å². The fourth-order valence-corrected chi connectivity index (χ4v) is 4.77. The lowest BCUT2D eigenvalue weighted by molar-refractivity contribution is -0.155. The Morgan fingerprint density at radius 1 is 1.19 bits per heavy atom. The molecule has 1 aliphatic rings. The van der Waals surface area contributed by atoms with Crippen LogP contribution in [0.2, 0.25) is 0 Å². The molecule has 1 aliphatic heterocycles. The number of nitrogens with zero attached hydrogens (tertiary/aromatic N) is 1. The molecule has 1 amide bonds. The van der Waals surface area contributed by atoms with Crippen molar-refractivity contribution in [2.45, 2.75) is 39.1 Å². The van der Waals surface area contributed by atoms with Gasteiger partial charge in [-0.05, 0) is 45.0 Å². The van der Waals surface area contributed by atoms with Crippen LogP contribution in [0, 0.1) is 0 Å². The van der Waals surface area contributed by atoms with E-state index in [0.717, 1.165) is 5.75 Å². The summed E-state index contributed by atoms with van der Waals surface area (Å²) in [6.45, 7) is 6.49. The molecule has 9 heteroatoms. The van der Waals surface area contributed by atoms with Gasteiger partial charge in [-0.25, -0.2) is 0 Å². The monoisotopic (exact) mass is 386 g/mol. The van der Waals surface area contributed by atoms with Crippen LogP contribution in [0.1, 0.15) is 27.2 Å². The highest BCUT2D eigenvalue weighted by atomic mass is 31.2. The van der Waals surface area contributed by atoms with Gasteiger partial charge in [0.1, 0.15) is 11.5 Å². The van der Waals surface area contributed by atoms with E-state index in [4.69, 9.17) is 18.6 Å². The van der Waals surface area contributed by atoms with E-state index in [1.165, 1.54) is 5.06 Å². The minimum Gasteiger partial charge on any atom is -0.494 e. The number of hydroxylamine groups is 2. The molecule has 0 spiro atoms. The number of hydrogen-bond donors (Lipinski definition) is 1. The Kier molecular flexibility index (Phi) is 7.61. The van der Waals surface area contributed by atoms with E-state index in [-0.39, 0.29) is 25.5 Å². The number of anilines is 1. The Morgan fingerprint density at radius 3 is 2.35 bits per heavy atom. The van der Waals surface area contributed by atoms with E-state index in [9.17, 15) is 9.36 Å². The van der Waals surface area contributed by atoms with Crippen molar-refractivity contribution in [1.29, 1.82) is 0 Å². The highest BCUT2D eigenvalue weighted by Crippen LogP contribution is 2.57. The number of hydrogen-bond acceptors (Lipinski definition) is 7. The van der Waals surface area contributed by atoms with Crippen molar-refractivity contribution in [1.82, 2.24) is 5.06 Å². The fraction of sp³-hybridized carbons (Fsp3) is 0.588. The summed E-state index contributed by atoms with van der Waals surface area (Å²) < 4.78 is 29.1. The summed E-state index contributed by atoms with van der Waals surface area (Å²) in [6, 6.07) is 7.07. The second-order valence-corrected chi connectivity index (χ2v) is 7.87. The number of carbonyl (C=O) groups excluding carboxylic acids is 1. The van der Waals surface area contributed by atoms with Crippen LogP contribution < -0.4 is 10.1 Å². The molecular weight excluding hydrogens is 359 g/mol. The van der Waals surface area contributed by atoms with Crippen molar-refractivity contribution in [3.63, 3.8) is 0 Å². The summed E-state index contributed by atoms with van der Waals surface area (Å²) in [6.07, 6.45) is -0.554. The zero-order valence-electron chi connectivity index (χ0n) is 15.6. The molecule has 0 bridgehead atoms. The molecule has 8 nitrogen and oxygen atoms in total. The minimum absolute atomic E-state index is 0.219. The van der Waals surface area contributed by atoms with Crippen molar-refractivity contribution in [2.24, 2.45) is 0 Å². The normalized spacial score (nSPS) is 20.9. The maximum atomic E-state index is 12.9. The van der Waals surface area contributed by atoms with E-state index >= 15 is 0 Å². The van der Waals surface area contributed by atoms with Crippen LogP contribution in [-0.2, 0) is 23.2 Å². The number of rotatable bonds is 9. The first-order chi connectivity index (χ1) is 12.4. The smallest absolute Gasteiger partial charge is 0.350 e. The third-order valence-electron chi connectivity index (χ3n) is 3.85. The predicted octanol–water partition coefficient (Wildman–Crippen LogP) is 3.25. The number of benzene rings is 1. The largest absolute Gasteiger partial charge is 0.494 e. The predicted molar refractivity (Wildman–Crippen MR) is 98.1 cm³/mol. The number of carbonyl (C=O) groups is 1. The van der Waals surface area contributed by atoms with Crippen molar-refractivity contribution in [3.05, 3.63) is 24.3 Å². The van der Waals surface area contributed by atoms with Gasteiger partial charge in [0.2, 0.25) is 0 Å². The molecule has 0 radical (unpaired) electrons. The zero-order chi connectivity index (χ0) is 19.2. The Hall–Kier alpha value is -1.44. The maximum Gasteiger partial charge on any atom is 0.350 e. The van der Waals surface area contributed by atoms with Crippen LogP contribution in [0.3, 0.4) is 0 Å². The first-order valence-electron chi connectivity index (χ1n) is 8.75. The Balaban J connectivity index is 2.01. The van der Waals surface area contributed by atoms with E-state index < -0.39 is 19.5 Å². The second-order valence-electron chi connectivity index (χ2n) is 5.68. The van der Waals surface area contributed by atoms with E-state index in [0.29, 0.717) is 12.3 Å². The Morgan fingerprint density at radius 2 is 1.81 bits per heavy atom. The van der Waals surface area contributed by atoms with Crippen molar-refractivity contribution >= 4 is 19.2 Å². The average molecular weight is 386 g/mol. The van der Waals surface area contributed by atoms with Gasteiger partial charge in [-0.15, -0.1) is 0 Å². The average Bonchev–Trinajstić information content (AvgIpc) is 3.00. The molecule has 2 atom stereocenters. The van der Waals surface area contributed by atoms with Gasteiger partial charge in [-0.1, -0.05) is 0 Å². The molecule has 1 aromatic rings. The summed E-state index contributed by atoms with van der Waals surface area (Å²) in [4.78, 5) is 18.1. The lowest BCUT2D eigenvalue weighted by atomic mass is 10.2. The molecule has 0 aliphatic carbocycles. The lowest BCUT2D eigenvalue weighted by Crippen LogP contribution is -2.28. The molecule has 1 N–H and O–H groups in total. The van der Waals surface area contributed by atoms with Crippen LogP contribution in [-0.4, -0.2) is 49.7 Å². The Bertz CT molecular complexity index is 629. The summed E-state index contributed by atoms with van der Waals surface area (Å²) in [5.74, 6) is -0.210. The summed E-state index contributed by atoms with van der Waals surface area (Å²) in [7, 11) is -1.77. The number of ether oxygens (including phenoxy) is 1.